The van der Waals surface area contributed by atoms with Gasteiger partial charge in [0.25, 0.3) is 0 Å². The van der Waals surface area contributed by atoms with Gasteiger partial charge in [0.05, 0.1) is 5.71 Å². The Bertz CT molecular complexity index is 249. The number of carbonyl (C=O) groups excluding carboxylic acids is 1. The molecule has 8 heteroatoms. The van der Waals surface area contributed by atoms with Crippen molar-refractivity contribution in [2.75, 3.05) is 0 Å². The molecule has 0 aromatic heterocycles. The second kappa shape index (κ2) is 36.2. The second-order valence-electron chi connectivity index (χ2n) is 3.63. The number of carbonyl (C=O) groups is 1. The molecule has 0 aromatic rings. The topological polar surface area (TPSA) is 115 Å². The van der Waals surface area contributed by atoms with Gasteiger partial charge in [0, 0.05) is 6.21 Å². The molecule has 21 heavy (non-hydrogen) atoms. The van der Waals surface area contributed by atoms with Gasteiger partial charge >= 0.3 is 0 Å². The van der Waals surface area contributed by atoms with Gasteiger partial charge in [-0.15, -0.1) is 5.16 Å². The molecule has 0 saturated heterocycles. The van der Waals surface area contributed by atoms with Gasteiger partial charge in [-0.1, -0.05) is 42.2 Å². The van der Waals surface area contributed by atoms with E-state index in [1.165, 1.54) is 33.4 Å². The van der Waals surface area contributed by atoms with Crippen LogP contribution in [0.3, 0.4) is 0 Å². The van der Waals surface area contributed by atoms with Gasteiger partial charge in [-0.3, -0.25) is 0 Å². The summed E-state index contributed by atoms with van der Waals surface area (Å²) >= 11 is 4.96. The predicted octanol–water partition coefficient (Wildman–Crippen LogP) is 4.37. The number of hydrogen-bond donors (Lipinski definition) is 3. The standard InChI is InChI=1S/C3H7NO.C3H6O.C3H8.C2H4ClNO.C2H5NO/c1-3(2)4-5;1-3(2)4;1-3-2;1-2(3)4-5;1-2-3-4/h5H,1-2H3;1-2H3;3H2,1-2H3;5H,1H3;2,4H,1H3. The molecule has 0 bridgehead atoms. The lowest BCUT2D eigenvalue weighted by Gasteiger charge is -1.72. The molecule has 0 spiro atoms. The molecule has 0 heterocycles. The van der Waals surface area contributed by atoms with Gasteiger partial charge in [-0.25, -0.2) is 0 Å². The number of halogens is 1. The van der Waals surface area contributed by atoms with E-state index in [1.54, 1.807) is 20.8 Å². The van der Waals surface area contributed by atoms with Crippen LogP contribution in [0.2, 0.25) is 0 Å². The Labute approximate surface area is 133 Å². The first-order valence-electron chi connectivity index (χ1n) is 6.19. The fourth-order valence-corrected chi connectivity index (χ4v) is 0. The first-order valence-corrected chi connectivity index (χ1v) is 6.57. The second-order valence-corrected chi connectivity index (χ2v) is 4.18. The van der Waals surface area contributed by atoms with Gasteiger partial charge < -0.3 is 20.4 Å². The number of oxime groups is 3. The minimum atomic E-state index is 0.157. The van der Waals surface area contributed by atoms with Crippen LogP contribution in [0.15, 0.2) is 15.5 Å². The monoisotopic (exact) mass is 327 g/mol. The van der Waals surface area contributed by atoms with Crippen molar-refractivity contribution in [2.45, 2.75) is 61.8 Å². The van der Waals surface area contributed by atoms with E-state index in [1.807, 2.05) is 0 Å². The van der Waals surface area contributed by atoms with E-state index < -0.39 is 0 Å². The number of hydrogen-bond acceptors (Lipinski definition) is 7. The average Bonchev–Trinajstić information content (AvgIpc) is 2.39. The molecule has 0 saturated carbocycles. The van der Waals surface area contributed by atoms with Crippen LogP contribution < -0.4 is 0 Å². The lowest BCUT2D eigenvalue weighted by Crippen LogP contribution is -1.74. The summed E-state index contributed by atoms with van der Waals surface area (Å²) in [7, 11) is 0. The van der Waals surface area contributed by atoms with Crippen molar-refractivity contribution in [3.63, 3.8) is 0 Å². The van der Waals surface area contributed by atoms with Crippen LogP contribution in [0.4, 0.5) is 0 Å². The molecule has 0 aliphatic rings. The molecular weight excluding hydrogens is 298 g/mol. The molecule has 128 valence electrons. The molecule has 0 aromatic carbocycles. The zero-order valence-electron chi connectivity index (χ0n) is 14.3. The van der Waals surface area contributed by atoms with Crippen LogP contribution in [-0.4, -0.2) is 38.5 Å². The summed E-state index contributed by atoms with van der Waals surface area (Å²) in [6.07, 6.45) is 2.56. The van der Waals surface area contributed by atoms with Crippen LogP contribution in [0.1, 0.15) is 61.8 Å². The Hall–Kier alpha value is -1.63. The molecule has 0 aliphatic heterocycles. The Balaban J connectivity index is -0.0000000514. The summed E-state index contributed by atoms with van der Waals surface area (Å²) in [6, 6.07) is 0. The summed E-state index contributed by atoms with van der Waals surface area (Å²) in [6.45, 7) is 13.9. The third-order valence-corrected chi connectivity index (χ3v) is 0.529. The largest absolute Gasteiger partial charge is 0.411 e. The maximum atomic E-state index is 9.44. The van der Waals surface area contributed by atoms with Crippen LogP contribution in [0, 0.1) is 0 Å². The zero-order chi connectivity index (χ0) is 18.3. The normalized spacial score (nSPS) is 8.33. The number of Topliss-reactive ketones (excluding diaryl/α,β-unsaturated/α-hetero) is 1. The summed E-state index contributed by atoms with van der Waals surface area (Å²) in [5, 5.41) is 30.9. The van der Waals surface area contributed by atoms with Gasteiger partial charge in [0.2, 0.25) is 0 Å². The summed E-state index contributed by atoms with van der Waals surface area (Å²) < 4.78 is 0. The first kappa shape index (κ1) is 31.7. The number of nitrogens with zero attached hydrogens (tertiary/aromatic N) is 3. The molecule has 7 nitrogen and oxygen atoms in total. The Morgan fingerprint density at radius 1 is 1.00 bits per heavy atom. The predicted molar refractivity (Wildman–Crippen MR) is 89.6 cm³/mol. The molecular formula is C13H30ClN3O4. The highest BCUT2D eigenvalue weighted by Crippen LogP contribution is 1.75. The van der Waals surface area contributed by atoms with E-state index >= 15 is 0 Å². The SMILES string of the molecule is CC(C)=NO.CC(C)=O.CC(Cl)=NO.CC=NO.CCC. The van der Waals surface area contributed by atoms with Crippen LogP contribution in [0.5, 0.6) is 0 Å². The van der Waals surface area contributed by atoms with Crippen molar-refractivity contribution in [2.24, 2.45) is 15.5 Å². The fraction of sp³-hybridized carbons (Fsp3) is 0.692. The first-order chi connectivity index (χ1) is 9.60. The third-order valence-electron chi connectivity index (χ3n) is 0.453. The van der Waals surface area contributed by atoms with Crippen molar-refractivity contribution in [3.05, 3.63) is 0 Å². The Morgan fingerprint density at radius 3 is 1.14 bits per heavy atom. The highest BCUT2D eigenvalue weighted by molar-refractivity contribution is 6.64. The van der Waals surface area contributed by atoms with E-state index in [-0.39, 0.29) is 11.0 Å². The summed E-state index contributed by atoms with van der Waals surface area (Å²) in [5.74, 6) is 0.167. The Morgan fingerprint density at radius 2 is 1.14 bits per heavy atom. The van der Waals surface area contributed by atoms with E-state index in [2.05, 4.69) is 29.3 Å². The minimum Gasteiger partial charge on any atom is -0.411 e. The van der Waals surface area contributed by atoms with Crippen molar-refractivity contribution >= 4 is 34.5 Å². The van der Waals surface area contributed by atoms with Crippen molar-refractivity contribution in [1.29, 1.82) is 0 Å². The molecule has 0 radical (unpaired) electrons. The highest BCUT2D eigenvalue weighted by atomic mass is 35.5. The molecule has 0 amide bonds. The number of ketones is 1. The maximum absolute atomic E-state index is 9.44. The van der Waals surface area contributed by atoms with E-state index in [0.717, 1.165) is 0 Å². The maximum Gasteiger partial charge on any atom is 0.142 e. The van der Waals surface area contributed by atoms with E-state index in [4.69, 9.17) is 27.2 Å². The summed E-state index contributed by atoms with van der Waals surface area (Å²) in [4.78, 5) is 9.44. The van der Waals surface area contributed by atoms with Gasteiger partial charge in [0.15, 0.2) is 0 Å². The lowest BCUT2D eigenvalue weighted by molar-refractivity contribution is -0.114. The van der Waals surface area contributed by atoms with E-state index in [0.29, 0.717) is 5.71 Å². The highest BCUT2D eigenvalue weighted by Gasteiger charge is 1.69. The van der Waals surface area contributed by atoms with Crippen LogP contribution in [-0.2, 0) is 4.79 Å². The molecule has 0 aliphatic carbocycles. The van der Waals surface area contributed by atoms with Crippen molar-refractivity contribution in [1.82, 2.24) is 0 Å². The zero-order valence-corrected chi connectivity index (χ0v) is 15.0. The van der Waals surface area contributed by atoms with Gasteiger partial charge in [0.1, 0.15) is 11.0 Å². The smallest absolute Gasteiger partial charge is 0.142 e. The van der Waals surface area contributed by atoms with Crippen molar-refractivity contribution in [3.8, 4) is 0 Å². The van der Waals surface area contributed by atoms with Gasteiger partial charge in [-0.2, -0.15) is 0 Å². The summed E-state index contributed by atoms with van der Waals surface area (Å²) in [5.41, 5.74) is 0.685. The minimum absolute atomic E-state index is 0.157. The third kappa shape index (κ3) is 433. The molecule has 0 rings (SSSR count). The molecule has 0 unspecified atom stereocenters. The van der Waals surface area contributed by atoms with E-state index in [9.17, 15) is 4.79 Å². The Kier molecular flexibility index (Phi) is 54.6. The molecule has 0 atom stereocenters. The van der Waals surface area contributed by atoms with Crippen LogP contribution in [0.25, 0.3) is 0 Å². The molecule has 0 fully saturated rings. The fourth-order valence-electron chi connectivity index (χ4n) is 0. The van der Waals surface area contributed by atoms with Crippen LogP contribution >= 0.6 is 11.6 Å². The van der Waals surface area contributed by atoms with Crippen molar-refractivity contribution < 1.29 is 20.4 Å². The van der Waals surface area contributed by atoms with Gasteiger partial charge in [-0.05, 0) is 41.5 Å². The number of rotatable bonds is 0. The lowest BCUT2D eigenvalue weighted by atomic mass is 10.5. The quantitative estimate of drug-likeness (QED) is 0.348. The average molecular weight is 328 g/mol. The molecule has 3 N–H and O–H groups in total.